The van der Waals surface area contributed by atoms with Gasteiger partial charge >= 0.3 is 23.9 Å². The molecule has 1 N–H and O–H groups in total. The van der Waals surface area contributed by atoms with Crippen LogP contribution in [0, 0.1) is 0 Å². The van der Waals surface area contributed by atoms with E-state index in [0.717, 1.165) is 20.8 Å². The predicted molar refractivity (Wildman–Crippen MR) is 105 cm³/mol. The van der Waals surface area contributed by atoms with Crippen LogP contribution < -0.4 is 4.74 Å². The maximum Gasteiger partial charge on any atom is 0.303 e. The molecule has 2 rings (SSSR count). The first kappa shape index (κ1) is 25.1. The van der Waals surface area contributed by atoms with Gasteiger partial charge in [-0.05, 0) is 17.7 Å². The third-order valence-corrected chi connectivity index (χ3v) is 4.31. The lowest BCUT2D eigenvalue weighted by molar-refractivity contribution is -0.288. The van der Waals surface area contributed by atoms with E-state index >= 15 is 0 Å². The molecule has 1 aromatic carbocycles. The van der Waals surface area contributed by atoms with E-state index in [2.05, 4.69) is 0 Å². The van der Waals surface area contributed by atoms with Gasteiger partial charge in [-0.1, -0.05) is 12.1 Å². The lowest BCUT2D eigenvalue weighted by Crippen LogP contribution is -2.63. The highest BCUT2D eigenvalue weighted by Crippen LogP contribution is 2.31. The highest BCUT2D eigenvalue weighted by atomic mass is 16.7. The smallest absolute Gasteiger partial charge is 0.303 e. The number of esters is 4. The monoisotopic (exact) mass is 454 g/mol. The van der Waals surface area contributed by atoms with E-state index in [-0.39, 0.29) is 13.2 Å². The fraction of sp³-hybridized carbons (Fsp3) is 0.524. The summed E-state index contributed by atoms with van der Waals surface area (Å²) in [7, 11) is 0. The van der Waals surface area contributed by atoms with Gasteiger partial charge in [0.25, 0.3) is 0 Å². The van der Waals surface area contributed by atoms with Gasteiger partial charge in [-0.15, -0.1) is 0 Å². The zero-order valence-electron chi connectivity index (χ0n) is 18.1. The second-order valence-electron chi connectivity index (χ2n) is 6.99. The molecule has 1 heterocycles. The normalized spacial score (nSPS) is 24.7. The lowest BCUT2D eigenvalue weighted by atomic mass is 9.98. The molecule has 0 aliphatic carbocycles. The molecule has 1 aliphatic rings. The van der Waals surface area contributed by atoms with E-state index in [4.69, 9.17) is 28.4 Å². The number of ether oxygens (including phenoxy) is 6. The molecule has 5 atom stereocenters. The SMILES string of the molecule is CC(=O)OCC1O[C@@H](Oc2ccc(CO)cc2)[C@H](OC(C)=O)C(OC(C)=O)[C@H]1OC(C)=O. The van der Waals surface area contributed by atoms with Crippen LogP contribution in [0.2, 0.25) is 0 Å². The molecule has 0 aromatic heterocycles. The molecule has 0 spiro atoms. The number of hydrogen-bond acceptors (Lipinski definition) is 11. The van der Waals surface area contributed by atoms with Crippen molar-refractivity contribution in [3.05, 3.63) is 29.8 Å². The quantitative estimate of drug-likeness (QED) is 0.436. The average Bonchev–Trinajstić information content (AvgIpc) is 2.70. The van der Waals surface area contributed by atoms with Gasteiger partial charge in [-0.2, -0.15) is 0 Å². The number of aliphatic hydroxyl groups is 1. The maximum atomic E-state index is 11.8. The summed E-state index contributed by atoms with van der Waals surface area (Å²) in [6, 6.07) is 6.33. The molecular weight excluding hydrogens is 428 g/mol. The minimum Gasteiger partial charge on any atom is -0.463 e. The van der Waals surface area contributed by atoms with E-state index < -0.39 is 54.6 Å². The highest BCUT2D eigenvalue weighted by Gasteiger charge is 2.53. The van der Waals surface area contributed by atoms with E-state index in [1.165, 1.54) is 6.92 Å². The van der Waals surface area contributed by atoms with Gasteiger partial charge in [0.15, 0.2) is 12.2 Å². The summed E-state index contributed by atoms with van der Waals surface area (Å²) in [5, 5.41) is 9.20. The molecule has 0 amide bonds. The first-order valence-corrected chi connectivity index (χ1v) is 9.77. The van der Waals surface area contributed by atoms with Crippen molar-refractivity contribution in [2.75, 3.05) is 6.61 Å². The Balaban J connectivity index is 2.42. The summed E-state index contributed by atoms with van der Waals surface area (Å²) < 4.78 is 32.6. The van der Waals surface area contributed by atoms with Gasteiger partial charge in [0, 0.05) is 27.7 Å². The fourth-order valence-electron chi connectivity index (χ4n) is 3.09. The molecule has 176 valence electrons. The van der Waals surface area contributed by atoms with Crippen LogP contribution in [-0.4, -0.2) is 66.3 Å². The molecule has 1 aromatic rings. The molecule has 0 radical (unpaired) electrons. The van der Waals surface area contributed by atoms with Crippen LogP contribution in [0.5, 0.6) is 5.75 Å². The van der Waals surface area contributed by atoms with Gasteiger partial charge in [0.05, 0.1) is 6.61 Å². The van der Waals surface area contributed by atoms with Crippen molar-refractivity contribution in [1.82, 2.24) is 0 Å². The van der Waals surface area contributed by atoms with Crippen molar-refractivity contribution < 1.29 is 52.7 Å². The summed E-state index contributed by atoms with van der Waals surface area (Å²) in [5.41, 5.74) is 0.638. The van der Waals surface area contributed by atoms with Gasteiger partial charge in [0.2, 0.25) is 12.4 Å². The zero-order chi connectivity index (χ0) is 23.8. The fourth-order valence-corrected chi connectivity index (χ4v) is 3.09. The Morgan fingerprint density at radius 3 is 1.84 bits per heavy atom. The molecule has 1 saturated heterocycles. The maximum absolute atomic E-state index is 11.8. The minimum absolute atomic E-state index is 0.167. The average molecular weight is 454 g/mol. The number of hydrogen-bond donors (Lipinski definition) is 1. The number of carbonyl (C=O) groups is 4. The molecule has 11 nitrogen and oxygen atoms in total. The highest BCUT2D eigenvalue weighted by molar-refractivity contribution is 5.68. The third-order valence-electron chi connectivity index (χ3n) is 4.31. The summed E-state index contributed by atoms with van der Waals surface area (Å²) in [6.07, 6.45) is -6.28. The molecule has 0 saturated carbocycles. The van der Waals surface area contributed by atoms with E-state index in [9.17, 15) is 24.3 Å². The van der Waals surface area contributed by atoms with Crippen LogP contribution in [0.1, 0.15) is 33.3 Å². The van der Waals surface area contributed by atoms with Crippen molar-refractivity contribution in [2.24, 2.45) is 0 Å². The molecular formula is C21H26O11. The third kappa shape index (κ3) is 7.20. The second kappa shape index (κ2) is 11.4. The van der Waals surface area contributed by atoms with Crippen LogP contribution in [0.15, 0.2) is 24.3 Å². The van der Waals surface area contributed by atoms with Crippen LogP contribution in [0.25, 0.3) is 0 Å². The Labute approximate surface area is 184 Å². The Bertz CT molecular complexity index is 820. The standard InChI is InChI=1S/C21H26O11/c1-11(23)27-10-17-18(28-12(2)24)19(29-13(3)25)20(30-14(4)26)21(32-17)31-16-7-5-15(9-22)6-8-16/h5-8,17-22H,9-10H2,1-4H3/t17?,18-,19?,20+,21+/m0/s1. The Kier molecular flexibility index (Phi) is 8.97. The molecule has 2 unspecified atom stereocenters. The predicted octanol–water partition coefficient (Wildman–Crippen LogP) is 0.641. The Morgan fingerprint density at radius 1 is 0.812 bits per heavy atom. The molecule has 1 aliphatic heterocycles. The van der Waals surface area contributed by atoms with Crippen molar-refractivity contribution in [1.29, 1.82) is 0 Å². The van der Waals surface area contributed by atoms with Crippen LogP contribution in [0.4, 0.5) is 0 Å². The summed E-state index contributed by atoms with van der Waals surface area (Å²) in [5.74, 6) is -2.49. The van der Waals surface area contributed by atoms with E-state index in [0.29, 0.717) is 11.3 Å². The van der Waals surface area contributed by atoms with Crippen LogP contribution in [0.3, 0.4) is 0 Å². The number of rotatable bonds is 8. The van der Waals surface area contributed by atoms with Crippen LogP contribution in [-0.2, 0) is 49.5 Å². The van der Waals surface area contributed by atoms with Gasteiger partial charge in [-0.3, -0.25) is 19.2 Å². The zero-order valence-corrected chi connectivity index (χ0v) is 18.1. The number of aliphatic hydroxyl groups excluding tert-OH is 1. The summed E-state index contributed by atoms with van der Waals surface area (Å²) in [4.78, 5) is 46.6. The van der Waals surface area contributed by atoms with Crippen molar-refractivity contribution in [2.45, 2.75) is 65.0 Å². The van der Waals surface area contributed by atoms with Gasteiger partial charge in [0.1, 0.15) is 18.5 Å². The number of benzene rings is 1. The van der Waals surface area contributed by atoms with Crippen molar-refractivity contribution in [3.8, 4) is 5.75 Å². The van der Waals surface area contributed by atoms with Crippen LogP contribution >= 0.6 is 0 Å². The van der Waals surface area contributed by atoms with Crippen molar-refractivity contribution in [3.63, 3.8) is 0 Å². The topological polar surface area (TPSA) is 144 Å². The molecule has 11 heteroatoms. The molecule has 1 fully saturated rings. The summed E-state index contributed by atoms with van der Waals surface area (Å²) >= 11 is 0. The lowest BCUT2D eigenvalue weighted by Gasteiger charge is -2.43. The van der Waals surface area contributed by atoms with Crippen molar-refractivity contribution >= 4 is 23.9 Å². The summed E-state index contributed by atoms with van der Waals surface area (Å²) in [6.45, 7) is 4.09. The second-order valence-corrected chi connectivity index (χ2v) is 6.99. The molecule has 0 bridgehead atoms. The number of carbonyl (C=O) groups excluding carboxylic acids is 4. The van der Waals surface area contributed by atoms with E-state index in [1.807, 2.05) is 0 Å². The first-order chi connectivity index (χ1) is 15.1. The largest absolute Gasteiger partial charge is 0.463 e. The first-order valence-electron chi connectivity index (χ1n) is 9.77. The minimum atomic E-state index is -1.31. The Hall–Kier alpha value is -3.18. The van der Waals surface area contributed by atoms with E-state index in [1.54, 1.807) is 24.3 Å². The van der Waals surface area contributed by atoms with Gasteiger partial charge < -0.3 is 33.5 Å². The molecule has 32 heavy (non-hydrogen) atoms. The Morgan fingerprint density at radius 2 is 1.34 bits per heavy atom. The van der Waals surface area contributed by atoms with Gasteiger partial charge in [-0.25, -0.2) is 0 Å².